The molecule has 0 spiro atoms. The van der Waals surface area contributed by atoms with Crippen LogP contribution in [0.25, 0.3) is 0 Å². The van der Waals surface area contributed by atoms with E-state index in [-0.39, 0.29) is 0 Å². The van der Waals surface area contributed by atoms with E-state index in [1.165, 1.54) is 69.4 Å². The quantitative estimate of drug-likeness (QED) is 0.823. The molecule has 0 aromatic heterocycles. The molecule has 0 radical (unpaired) electrons. The highest BCUT2D eigenvalue weighted by Gasteiger charge is 2.34. The van der Waals surface area contributed by atoms with Gasteiger partial charge in [0.2, 0.25) is 0 Å². The van der Waals surface area contributed by atoms with Gasteiger partial charge in [-0.1, -0.05) is 12.8 Å². The van der Waals surface area contributed by atoms with E-state index in [9.17, 15) is 0 Å². The fourth-order valence-corrected chi connectivity index (χ4v) is 5.18. The van der Waals surface area contributed by atoms with Crippen molar-refractivity contribution in [2.75, 3.05) is 18.1 Å². The maximum Gasteiger partial charge on any atom is 0.0161 e. The largest absolute Gasteiger partial charge is 0.314 e. The molecule has 0 aromatic carbocycles. The van der Waals surface area contributed by atoms with Crippen LogP contribution in [0.1, 0.15) is 51.4 Å². The van der Waals surface area contributed by atoms with Crippen LogP contribution >= 0.6 is 11.8 Å². The first kappa shape index (κ1) is 13.3. The molecule has 4 atom stereocenters. The van der Waals surface area contributed by atoms with Gasteiger partial charge < -0.3 is 10.6 Å². The number of hydrogen-bond donors (Lipinski definition) is 2. The predicted octanol–water partition coefficient (Wildman–Crippen LogP) is 2.78. The molecule has 3 heteroatoms. The topological polar surface area (TPSA) is 24.1 Å². The van der Waals surface area contributed by atoms with E-state index in [1.807, 2.05) is 0 Å². The van der Waals surface area contributed by atoms with Crippen molar-refractivity contribution in [1.82, 2.24) is 10.6 Å². The smallest absolute Gasteiger partial charge is 0.0161 e. The fourth-order valence-electron chi connectivity index (χ4n) is 4.10. The summed E-state index contributed by atoms with van der Waals surface area (Å²) in [5, 5.41) is 7.77. The molecule has 1 saturated carbocycles. The van der Waals surface area contributed by atoms with Crippen molar-refractivity contribution in [1.29, 1.82) is 0 Å². The van der Waals surface area contributed by atoms with E-state index < -0.39 is 0 Å². The Morgan fingerprint density at radius 1 is 0.944 bits per heavy atom. The highest BCUT2D eigenvalue weighted by molar-refractivity contribution is 7.99. The van der Waals surface area contributed by atoms with Gasteiger partial charge in [0.25, 0.3) is 0 Å². The SMILES string of the molecule is C1CSCC(NC2CCCCC2C2CCCN2)C1. The normalized spacial score (nSPS) is 42.0. The van der Waals surface area contributed by atoms with Crippen molar-refractivity contribution in [3.8, 4) is 0 Å². The van der Waals surface area contributed by atoms with Crippen molar-refractivity contribution >= 4 is 11.8 Å². The van der Waals surface area contributed by atoms with Gasteiger partial charge in [-0.15, -0.1) is 0 Å². The lowest BCUT2D eigenvalue weighted by atomic mass is 9.79. The average molecular weight is 268 g/mol. The van der Waals surface area contributed by atoms with Gasteiger partial charge in [0.15, 0.2) is 0 Å². The first-order chi connectivity index (χ1) is 8.93. The van der Waals surface area contributed by atoms with Crippen molar-refractivity contribution < 1.29 is 0 Å². The molecule has 2 heterocycles. The summed E-state index contributed by atoms with van der Waals surface area (Å²) in [4.78, 5) is 0. The monoisotopic (exact) mass is 268 g/mol. The Balaban J connectivity index is 1.56. The fraction of sp³-hybridized carbons (Fsp3) is 1.00. The zero-order valence-corrected chi connectivity index (χ0v) is 12.3. The number of nitrogens with one attached hydrogen (secondary N) is 2. The van der Waals surface area contributed by atoms with Crippen molar-refractivity contribution in [2.24, 2.45) is 5.92 Å². The minimum atomic E-state index is 0.802. The average Bonchev–Trinajstić information content (AvgIpc) is 2.94. The summed E-state index contributed by atoms with van der Waals surface area (Å²) in [5.74, 6) is 3.64. The second-order valence-electron chi connectivity index (χ2n) is 6.34. The molecule has 2 aliphatic heterocycles. The molecule has 0 bridgehead atoms. The van der Waals surface area contributed by atoms with Gasteiger partial charge in [0.1, 0.15) is 0 Å². The van der Waals surface area contributed by atoms with Gasteiger partial charge >= 0.3 is 0 Å². The summed E-state index contributed by atoms with van der Waals surface area (Å²) >= 11 is 2.15. The van der Waals surface area contributed by atoms with Crippen LogP contribution in [0.5, 0.6) is 0 Å². The summed E-state index contributed by atoms with van der Waals surface area (Å²) in [6, 6.07) is 2.42. The Hall–Kier alpha value is 0.270. The lowest BCUT2D eigenvalue weighted by Crippen LogP contribution is -2.51. The van der Waals surface area contributed by atoms with Gasteiger partial charge in [-0.2, -0.15) is 11.8 Å². The first-order valence-electron chi connectivity index (χ1n) is 8.00. The van der Waals surface area contributed by atoms with E-state index >= 15 is 0 Å². The highest BCUT2D eigenvalue weighted by Crippen LogP contribution is 2.31. The molecule has 4 unspecified atom stereocenters. The molecule has 3 fully saturated rings. The summed E-state index contributed by atoms with van der Waals surface area (Å²) in [6.07, 6.45) is 11.4. The van der Waals surface area contributed by atoms with Crippen LogP contribution in [-0.4, -0.2) is 36.2 Å². The summed E-state index contributed by atoms with van der Waals surface area (Å²) < 4.78 is 0. The third kappa shape index (κ3) is 3.23. The standard InChI is InChI=1S/C15H28N2S/c1-2-7-15(17-12-5-4-10-18-11-12)13(6-1)14-8-3-9-16-14/h12-17H,1-11H2. The maximum atomic E-state index is 4.02. The highest BCUT2D eigenvalue weighted by atomic mass is 32.2. The van der Waals surface area contributed by atoms with Crippen LogP contribution in [0, 0.1) is 5.92 Å². The predicted molar refractivity (Wildman–Crippen MR) is 80.3 cm³/mol. The Labute approximate surface area is 116 Å². The Morgan fingerprint density at radius 2 is 1.89 bits per heavy atom. The molecular formula is C15H28N2S. The summed E-state index contributed by atoms with van der Waals surface area (Å²) in [5.41, 5.74) is 0. The molecule has 2 nitrogen and oxygen atoms in total. The molecular weight excluding hydrogens is 240 g/mol. The van der Waals surface area contributed by atoms with E-state index in [0.29, 0.717) is 0 Å². The molecule has 3 aliphatic rings. The van der Waals surface area contributed by atoms with E-state index in [1.54, 1.807) is 0 Å². The molecule has 0 amide bonds. The molecule has 2 saturated heterocycles. The van der Waals surface area contributed by atoms with Gasteiger partial charge in [-0.25, -0.2) is 0 Å². The lowest BCUT2D eigenvalue weighted by molar-refractivity contribution is 0.201. The third-order valence-electron chi connectivity index (χ3n) is 5.04. The van der Waals surface area contributed by atoms with Crippen molar-refractivity contribution in [2.45, 2.75) is 69.5 Å². The van der Waals surface area contributed by atoms with Crippen LogP contribution in [-0.2, 0) is 0 Å². The summed E-state index contributed by atoms with van der Waals surface area (Å²) in [6.45, 7) is 1.26. The first-order valence-corrected chi connectivity index (χ1v) is 9.16. The Kier molecular flexibility index (Phi) is 4.88. The molecule has 18 heavy (non-hydrogen) atoms. The van der Waals surface area contributed by atoms with E-state index in [4.69, 9.17) is 0 Å². The minimum absolute atomic E-state index is 0.802. The van der Waals surface area contributed by atoms with Crippen LogP contribution in [0.3, 0.4) is 0 Å². The Morgan fingerprint density at radius 3 is 2.67 bits per heavy atom. The van der Waals surface area contributed by atoms with Gasteiger partial charge in [-0.3, -0.25) is 0 Å². The van der Waals surface area contributed by atoms with Gasteiger partial charge in [0.05, 0.1) is 0 Å². The van der Waals surface area contributed by atoms with Crippen molar-refractivity contribution in [3.63, 3.8) is 0 Å². The minimum Gasteiger partial charge on any atom is -0.314 e. The number of rotatable bonds is 3. The van der Waals surface area contributed by atoms with E-state index in [2.05, 4.69) is 22.4 Å². The lowest BCUT2D eigenvalue weighted by Gasteiger charge is -2.39. The zero-order chi connectivity index (χ0) is 12.2. The second kappa shape index (κ2) is 6.62. The number of thioether (sulfide) groups is 1. The number of hydrogen-bond acceptors (Lipinski definition) is 3. The van der Waals surface area contributed by atoms with Gasteiger partial charge in [0, 0.05) is 23.9 Å². The molecule has 0 aromatic rings. The van der Waals surface area contributed by atoms with Crippen molar-refractivity contribution in [3.05, 3.63) is 0 Å². The van der Waals surface area contributed by atoms with Gasteiger partial charge in [-0.05, 0) is 56.7 Å². The zero-order valence-electron chi connectivity index (χ0n) is 11.5. The molecule has 1 aliphatic carbocycles. The van der Waals surface area contributed by atoms with Crippen LogP contribution in [0.2, 0.25) is 0 Å². The maximum absolute atomic E-state index is 4.02. The Bertz CT molecular complexity index is 247. The van der Waals surface area contributed by atoms with Crippen LogP contribution in [0.4, 0.5) is 0 Å². The third-order valence-corrected chi connectivity index (χ3v) is 6.26. The summed E-state index contributed by atoms with van der Waals surface area (Å²) in [7, 11) is 0. The molecule has 3 rings (SSSR count). The second-order valence-corrected chi connectivity index (χ2v) is 7.49. The van der Waals surface area contributed by atoms with Crippen LogP contribution in [0.15, 0.2) is 0 Å². The molecule has 2 N–H and O–H groups in total. The molecule has 104 valence electrons. The van der Waals surface area contributed by atoms with Crippen LogP contribution < -0.4 is 10.6 Å². The van der Waals surface area contributed by atoms with E-state index in [0.717, 1.165) is 24.0 Å².